The first-order valence-corrected chi connectivity index (χ1v) is 8.04. The summed E-state index contributed by atoms with van der Waals surface area (Å²) in [5.41, 5.74) is 0.571. The van der Waals surface area contributed by atoms with Gasteiger partial charge in [-0.1, -0.05) is 25.1 Å². The topological polar surface area (TPSA) is 46.2 Å². The predicted molar refractivity (Wildman–Crippen MR) is 69.6 cm³/mol. The zero-order valence-electron chi connectivity index (χ0n) is 10.4. The SMILES string of the molecule is CCNC(c1ccccc1F)C1CCS(=O)(=O)C1. The normalized spacial score (nSPS) is 24.0. The van der Waals surface area contributed by atoms with Crippen LogP contribution in [0.5, 0.6) is 0 Å². The van der Waals surface area contributed by atoms with Gasteiger partial charge in [0, 0.05) is 11.6 Å². The van der Waals surface area contributed by atoms with E-state index < -0.39 is 9.84 Å². The Hall–Kier alpha value is -0.940. The zero-order valence-corrected chi connectivity index (χ0v) is 11.2. The van der Waals surface area contributed by atoms with Gasteiger partial charge in [0.2, 0.25) is 0 Å². The summed E-state index contributed by atoms with van der Waals surface area (Å²) in [4.78, 5) is 0. The maximum absolute atomic E-state index is 13.8. The second kappa shape index (κ2) is 5.36. The number of hydrogen-bond acceptors (Lipinski definition) is 3. The number of hydrogen-bond donors (Lipinski definition) is 1. The summed E-state index contributed by atoms with van der Waals surface area (Å²) in [5, 5.41) is 3.22. The Morgan fingerprint density at radius 2 is 2.17 bits per heavy atom. The van der Waals surface area contributed by atoms with Crippen LogP contribution in [0, 0.1) is 11.7 Å². The van der Waals surface area contributed by atoms with Crippen LogP contribution >= 0.6 is 0 Å². The third-order valence-electron chi connectivity index (χ3n) is 3.40. The molecule has 3 nitrogen and oxygen atoms in total. The Kier molecular flexibility index (Phi) is 4.02. The fraction of sp³-hybridized carbons (Fsp3) is 0.538. The molecule has 1 heterocycles. The lowest BCUT2D eigenvalue weighted by Gasteiger charge is -2.24. The lowest BCUT2D eigenvalue weighted by atomic mass is 9.92. The summed E-state index contributed by atoms with van der Waals surface area (Å²) < 4.78 is 36.9. The zero-order chi connectivity index (χ0) is 13.2. The monoisotopic (exact) mass is 271 g/mol. The third kappa shape index (κ3) is 2.90. The molecule has 2 rings (SSSR count). The lowest BCUT2D eigenvalue weighted by Crippen LogP contribution is -2.29. The molecule has 0 aromatic heterocycles. The van der Waals surface area contributed by atoms with Crippen molar-refractivity contribution in [2.24, 2.45) is 5.92 Å². The molecule has 1 aliphatic rings. The molecule has 1 saturated heterocycles. The van der Waals surface area contributed by atoms with E-state index in [1.807, 2.05) is 6.92 Å². The number of halogens is 1. The van der Waals surface area contributed by atoms with E-state index in [0.29, 0.717) is 18.5 Å². The maximum atomic E-state index is 13.8. The Morgan fingerprint density at radius 1 is 1.44 bits per heavy atom. The van der Waals surface area contributed by atoms with Gasteiger partial charge in [0.05, 0.1) is 11.5 Å². The highest BCUT2D eigenvalue weighted by Crippen LogP contribution is 2.32. The molecule has 1 aliphatic heterocycles. The highest BCUT2D eigenvalue weighted by Gasteiger charge is 2.34. The number of sulfone groups is 1. The number of rotatable bonds is 4. The van der Waals surface area contributed by atoms with Crippen LogP contribution in [0.3, 0.4) is 0 Å². The van der Waals surface area contributed by atoms with E-state index in [-0.39, 0.29) is 29.3 Å². The molecule has 0 bridgehead atoms. The molecule has 0 radical (unpaired) electrons. The van der Waals surface area contributed by atoms with Crippen LogP contribution in [-0.4, -0.2) is 26.5 Å². The van der Waals surface area contributed by atoms with E-state index in [1.165, 1.54) is 6.07 Å². The minimum Gasteiger partial charge on any atom is -0.310 e. The average Bonchev–Trinajstić information content (AvgIpc) is 2.68. The fourth-order valence-electron chi connectivity index (χ4n) is 2.56. The van der Waals surface area contributed by atoms with Gasteiger partial charge >= 0.3 is 0 Å². The molecule has 1 N–H and O–H groups in total. The van der Waals surface area contributed by atoms with Crippen molar-refractivity contribution in [2.45, 2.75) is 19.4 Å². The molecule has 0 spiro atoms. The summed E-state index contributed by atoms with van der Waals surface area (Å²) in [6, 6.07) is 6.37. The minimum absolute atomic E-state index is 0.0353. The molecular weight excluding hydrogens is 253 g/mol. The van der Waals surface area contributed by atoms with Crippen LogP contribution in [0.25, 0.3) is 0 Å². The summed E-state index contributed by atoms with van der Waals surface area (Å²) >= 11 is 0. The molecule has 2 atom stereocenters. The molecule has 0 amide bonds. The molecule has 18 heavy (non-hydrogen) atoms. The molecule has 0 aliphatic carbocycles. The summed E-state index contributed by atoms with van der Waals surface area (Å²) in [6.07, 6.45) is 0.605. The highest BCUT2D eigenvalue weighted by molar-refractivity contribution is 7.91. The predicted octanol–water partition coefficient (Wildman–Crippen LogP) is 1.91. The first-order valence-electron chi connectivity index (χ1n) is 6.21. The fourth-order valence-corrected chi connectivity index (χ4v) is 4.40. The molecule has 0 saturated carbocycles. The largest absolute Gasteiger partial charge is 0.310 e. The standard InChI is InChI=1S/C13H18FNO2S/c1-2-15-13(10-7-8-18(16,17)9-10)11-5-3-4-6-12(11)14/h3-6,10,13,15H,2,7-9H2,1H3. The van der Waals surface area contributed by atoms with Gasteiger partial charge in [0.1, 0.15) is 5.82 Å². The molecule has 1 aromatic carbocycles. The maximum Gasteiger partial charge on any atom is 0.150 e. The molecular formula is C13H18FNO2S. The van der Waals surface area contributed by atoms with Crippen molar-refractivity contribution in [3.63, 3.8) is 0 Å². The smallest absolute Gasteiger partial charge is 0.150 e. The van der Waals surface area contributed by atoms with Gasteiger partial charge in [-0.3, -0.25) is 0 Å². The van der Waals surface area contributed by atoms with Gasteiger partial charge in [0.15, 0.2) is 9.84 Å². The Morgan fingerprint density at radius 3 is 2.72 bits per heavy atom. The summed E-state index contributed by atoms with van der Waals surface area (Å²) in [5.74, 6) is 0.0621. The van der Waals surface area contributed by atoms with Crippen LogP contribution in [0.1, 0.15) is 24.9 Å². The number of nitrogens with one attached hydrogen (secondary N) is 1. The van der Waals surface area contributed by atoms with E-state index in [2.05, 4.69) is 5.32 Å². The van der Waals surface area contributed by atoms with Crippen LogP contribution in [0.2, 0.25) is 0 Å². The minimum atomic E-state index is -2.94. The van der Waals surface area contributed by atoms with Gasteiger partial charge < -0.3 is 5.32 Å². The van der Waals surface area contributed by atoms with Crippen LogP contribution < -0.4 is 5.32 Å². The molecule has 2 unspecified atom stereocenters. The van der Waals surface area contributed by atoms with Crippen molar-refractivity contribution in [1.29, 1.82) is 0 Å². The van der Waals surface area contributed by atoms with E-state index in [9.17, 15) is 12.8 Å². The van der Waals surface area contributed by atoms with Crippen molar-refractivity contribution in [1.82, 2.24) is 5.32 Å². The van der Waals surface area contributed by atoms with E-state index in [0.717, 1.165) is 0 Å². The van der Waals surface area contributed by atoms with Crippen LogP contribution in [0.4, 0.5) is 4.39 Å². The van der Waals surface area contributed by atoms with E-state index in [1.54, 1.807) is 18.2 Å². The van der Waals surface area contributed by atoms with Crippen LogP contribution in [0.15, 0.2) is 24.3 Å². The number of benzene rings is 1. The average molecular weight is 271 g/mol. The van der Waals surface area contributed by atoms with Crippen molar-refractivity contribution in [3.8, 4) is 0 Å². The Bertz CT molecular complexity index is 515. The van der Waals surface area contributed by atoms with Crippen molar-refractivity contribution in [2.75, 3.05) is 18.1 Å². The van der Waals surface area contributed by atoms with E-state index >= 15 is 0 Å². The van der Waals surface area contributed by atoms with Gasteiger partial charge in [-0.05, 0) is 24.9 Å². The Labute approximate surface area is 107 Å². The molecule has 100 valence electrons. The van der Waals surface area contributed by atoms with Crippen molar-refractivity contribution in [3.05, 3.63) is 35.6 Å². The van der Waals surface area contributed by atoms with Gasteiger partial charge in [-0.2, -0.15) is 0 Å². The van der Waals surface area contributed by atoms with Crippen LogP contribution in [-0.2, 0) is 9.84 Å². The van der Waals surface area contributed by atoms with Gasteiger partial charge in [-0.15, -0.1) is 0 Å². The van der Waals surface area contributed by atoms with Gasteiger partial charge in [-0.25, -0.2) is 12.8 Å². The van der Waals surface area contributed by atoms with Gasteiger partial charge in [0.25, 0.3) is 0 Å². The van der Waals surface area contributed by atoms with Crippen molar-refractivity contribution >= 4 is 9.84 Å². The molecule has 1 aromatic rings. The second-order valence-electron chi connectivity index (χ2n) is 4.72. The third-order valence-corrected chi connectivity index (χ3v) is 5.20. The first kappa shape index (κ1) is 13.5. The second-order valence-corrected chi connectivity index (χ2v) is 6.95. The lowest BCUT2D eigenvalue weighted by molar-refractivity contribution is 0.387. The van der Waals surface area contributed by atoms with E-state index in [4.69, 9.17) is 0 Å². The highest BCUT2D eigenvalue weighted by atomic mass is 32.2. The molecule has 5 heteroatoms. The first-order chi connectivity index (χ1) is 8.53. The summed E-state index contributed by atoms with van der Waals surface area (Å²) in [6.45, 7) is 2.63. The molecule has 1 fully saturated rings. The van der Waals surface area contributed by atoms with Crippen molar-refractivity contribution < 1.29 is 12.8 Å². The summed E-state index contributed by atoms with van der Waals surface area (Å²) in [7, 11) is -2.94. The Balaban J connectivity index is 2.27. The quantitative estimate of drug-likeness (QED) is 0.910.